The number of hydrogen-bond donors (Lipinski definition) is 1. The van der Waals surface area contributed by atoms with Crippen molar-refractivity contribution in [3.8, 4) is 5.75 Å². The van der Waals surface area contributed by atoms with Crippen molar-refractivity contribution in [1.82, 2.24) is 4.98 Å². The summed E-state index contributed by atoms with van der Waals surface area (Å²) >= 11 is 0. The predicted octanol–water partition coefficient (Wildman–Crippen LogP) is 2.01. The summed E-state index contributed by atoms with van der Waals surface area (Å²) in [6, 6.07) is 7.86. The fourth-order valence-electron chi connectivity index (χ4n) is 1.72. The highest BCUT2D eigenvalue weighted by Gasteiger charge is 2.03. The van der Waals surface area contributed by atoms with Gasteiger partial charge in [-0.1, -0.05) is 0 Å². The van der Waals surface area contributed by atoms with E-state index < -0.39 is 0 Å². The summed E-state index contributed by atoms with van der Waals surface area (Å²) in [5, 5.41) is 1.07. The molecule has 0 aliphatic rings. The third-order valence-corrected chi connectivity index (χ3v) is 2.45. The second-order valence-electron chi connectivity index (χ2n) is 3.51. The van der Waals surface area contributed by atoms with Crippen LogP contribution in [-0.4, -0.2) is 12.1 Å². The van der Waals surface area contributed by atoms with Crippen LogP contribution in [0.1, 0.15) is 11.3 Å². The molecule has 0 saturated heterocycles. The van der Waals surface area contributed by atoms with Gasteiger partial charge in [-0.05, 0) is 36.8 Å². The summed E-state index contributed by atoms with van der Waals surface area (Å²) in [6.07, 6.45) is 0. The maximum atomic E-state index is 5.71. The van der Waals surface area contributed by atoms with Crippen LogP contribution in [-0.2, 0) is 6.54 Å². The zero-order chi connectivity index (χ0) is 10.8. The Kier molecular flexibility index (Phi) is 2.56. The lowest BCUT2D eigenvalue weighted by atomic mass is 10.1. The number of fused-ring (bicyclic) bond motifs is 1. The van der Waals surface area contributed by atoms with E-state index in [1.807, 2.05) is 31.2 Å². The van der Waals surface area contributed by atoms with Gasteiger partial charge in [-0.15, -0.1) is 0 Å². The van der Waals surface area contributed by atoms with E-state index in [9.17, 15) is 0 Å². The standard InChI is InChI=1S/C12H14N2O/c1-8-5-9(7-13)11-6-10(15-2)3-4-12(11)14-8/h3-6H,7,13H2,1-2H3. The number of benzene rings is 1. The zero-order valence-electron chi connectivity index (χ0n) is 8.95. The minimum Gasteiger partial charge on any atom is -0.497 e. The topological polar surface area (TPSA) is 48.1 Å². The van der Waals surface area contributed by atoms with E-state index in [4.69, 9.17) is 10.5 Å². The van der Waals surface area contributed by atoms with Crippen molar-refractivity contribution < 1.29 is 4.74 Å². The van der Waals surface area contributed by atoms with Gasteiger partial charge in [-0.25, -0.2) is 0 Å². The van der Waals surface area contributed by atoms with Crippen LogP contribution in [0.15, 0.2) is 24.3 Å². The molecule has 2 aromatic rings. The van der Waals surface area contributed by atoms with Gasteiger partial charge in [0.2, 0.25) is 0 Å². The van der Waals surface area contributed by atoms with Gasteiger partial charge >= 0.3 is 0 Å². The molecular formula is C12H14N2O. The number of nitrogens with zero attached hydrogens (tertiary/aromatic N) is 1. The van der Waals surface area contributed by atoms with E-state index in [1.54, 1.807) is 7.11 Å². The van der Waals surface area contributed by atoms with Gasteiger partial charge in [-0.3, -0.25) is 4.98 Å². The van der Waals surface area contributed by atoms with Crippen LogP contribution in [0.25, 0.3) is 10.9 Å². The van der Waals surface area contributed by atoms with E-state index >= 15 is 0 Å². The molecule has 2 rings (SSSR count). The Morgan fingerprint density at radius 1 is 1.33 bits per heavy atom. The van der Waals surface area contributed by atoms with Gasteiger partial charge in [0.1, 0.15) is 5.75 Å². The molecule has 1 heterocycles. The molecular weight excluding hydrogens is 188 g/mol. The third kappa shape index (κ3) is 1.78. The smallest absolute Gasteiger partial charge is 0.119 e. The second kappa shape index (κ2) is 3.87. The van der Waals surface area contributed by atoms with Crippen LogP contribution >= 0.6 is 0 Å². The van der Waals surface area contributed by atoms with Crippen LogP contribution in [0.5, 0.6) is 5.75 Å². The lowest BCUT2D eigenvalue weighted by Gasteiger charge is -2.07. The van der Waals surface area contributed by atoms with E-state index in [2.05, 4.69) is 4.98 Å². The molecule has 0 fully saturated rings. The first-order valence-electron chi connectivity index (χ1n) is 4.89. The molecule has 78 valence electrons. The fourth-order valence-corrected chi connectivity index (χ4v) is 1.72. The summed E-state index contributed by atoms with van der Waals surface area (Å²) in [5.41, 5.74) is 8.78. The SMILES string of the molecule is COc1ccc2nc(C)cc(CN)c2c1. The van der Waals surface area contributed by atoms with Gasteiger partial charge < -0.3 is 10.5 Å². The molecule has 1 aromatic heterocycles. The molecule has 0 saturated carbocycles. The fraction of sp³-hybridized carbons (Fsp3) is 0.250. The normalized spacial score (nSPS) is 10.6. The Hall–Kier alpha value is -1.61. The zero-order valence-corrected chi connectivity index (χ0v) is 8.95. The van der Waals surface area contributed by atoms with Crippen LogP contribution in [0.4, 0.5) is 0 Å². The molecule has 0 aliphatic heterocycles. The first-order valence-corrected chi connectivity index (χ1v) is 4.89. The third-order valence-electron chi connectivity index (χ3n) is 2.45. The first-order chi connectivity index (χ1) is 7.24. The van der Waals surface area contributed by atoms with Crippen LogP contribution < -0.4 is 10.5 Å². The van der Waals surface area contributed by atoms with E-state index in [1.165, 1.54) is 0 Å². The van der Waals surface area contributed by atoms with E-state index in [0.29, 0.717) is 6.54 Å². The Balaban J connectivity index is 2.73. The van der Waals surface area contributed by atoms with Crippen LogP contribution in [0, 0.1) is 6.92 Å². The van der Waals surface area contributed by atoms with Gasteiger partial charge in [-0.2, -0.15) is 0 Å². The summed E-state index contributed by atoms with van der Waals surface area (Å²) in [7, 11) is 1.66. The molecule has 2 N–H and O–H groups in total. The number of rotatable bonds is 2. The van der Waals surface area contributed by atoms with Gasteiger partial charge in [0.15, 0.2) is 0 Å². The predicted molar refractivity (Wildman–Crippen MR) is 60.9 cm³/mol. The number of hydrogen-bond acceptors (Lipinski definition) is 3. The maximum absolute atomic E-state index is 5.71. The van der Waals surface area contributed by atoms with Crippen molar-refractivity contribution in [2.45, 2.75) is 13.5 Å². The van der Waals surface area contributed by atoms with Crippen molar-refractivity contribution >= 4 is 10.9 Å². The average molecular weight is 202 g/mol. The van der Waals surface area contributed by atoms with E-state index in [-0.39, 0.29) is 0 Å². The molecule has 0 aliphatic carbocycles. The summed E-state index contributed by atoms with van der Waals surface area (Å²) in [4.78, 5) is 4.45. The van der Waals surface area contributed by atoms with Crippen LogP contribution in [0.3, 0.4) is 0 Å². The molecule has 1 aromatic carbocycles. The number of aromatic nitrogens is 1. The minimum atomic E-state index is 0.521. The van der Waals surface area contributed by atoms with Gasteiger partial charge in [0, 0.05) is 17.6 Å². The molecule has 3 nitrogen and oxygen atoms in total. The lowest BCUT2D eigenvalue weighted by Crippen LogP contribution is -1.99. The van der Waals surface area contributed by atoms with E-state index in [0.717, 1.165) is 27.9 Å². The molecule has 0 spiro atoms. The molecule has 3 heteroatoms. The van der Waals surface area contributed by atoms with Crippen molar-refractivity contribution in [2.75, 3.05) is 7.11 Å². The minimum absolute atomic E-state index is 0.521. The van der Waals surface area contributed by atoms with Gasteiger partial charge in [0.05, 0.1) is 12.6 Å². The van der Waals surface area contributed by atoms with Crippen molar-refractivity contribution in [1.29, 1.82) is 0 Å². The average Bonchev–Trinajstić information content (AvgIpc) is 2.27. The largest absolute Gasteiger partial charge is 0.497 e. The van der Waals surface area contributed by atoms with Gasteiger partial charge in [0.25, 0.3) is 0 Å². The Morgan fingerprint density at radius 2 is 2.13 bits per heavy atom. The van der Waals surface area contributed by atoms with Crippen LogP contribution in [0.2, 0.25) is 0 Å². The molecule has 15 heavy (non-hydrogen) atoms. The molecule has 0 bridgehead atoms. The molecule has 0 unspecified atom stereocenters. The van der Waals surface area contributed by atoms with Crippen molar-refractivity contribution in [3.63, 3.8) is 0 Å². The molecule has 0 atom stereocenters. The summed E-state index contributed by atoms with van der Waals surface area (Å²) in [6.45, 7) is 2.50. The van der Waals surface area contributed by atoms with Crippen molar-refractivity contribution in [3.05, 3.63) is 35.5 Å². The summed E-state index contributed by atoms with van der Waals surface area (Å²) < 4.78 is 5.18. The second-order valence-corrected chi connectivity index (χ2v) is 3.51. The monoisotopic (exact) mass is 202 g/mol. The first kappa shape index (κ1) is 9.93. The number of aryl methyl sites for hydroxylation is 1. The Labute approximate surface area is 88.9 Å². The Morgan fingerprint density at radius 3 is 2.80 bits per heavy atom. The van der Waals surface area contributed by atoms with Crippen molar-refractivity contribution in [2.24, 2.45) is 5.73 Å². The number of methoxy groups -OCH3 is 1. The molecule has 0 amide bonds. The highest BCUT2D eigenvalue weighted by molar-refractivity contribution is 5.83. The molecule has 0 radical (unpaired) electrons. The maximum Gasteiger partial charge on any atom is 0.119 e. The number of ether oxygens (including phenoxy) is 1. The number of nitrogens with two attached hydrogens (primary N) is 1. The lowest BCUT2D eigenvalue weighted by molar-refractivity contribution is 0.415. The highest BCUT2D eigenvalue weighted by Crippen LogP contribution is 2.23. The Bertz CT molecular complexity index is 494. The number of pyridine rings is 1. The highest BCUT2D eigenvalue weighted by atomic mass is 16.5. The summed E-state index contributed by atoms with van der Waals surface area (Å²) in [5.74, 6) is 0.836. The quantitative estimate of drug-likeness (QED) is 0.810.